The fourth-order valence-electron chi connectivity index (χ4n) is 6.73. The van der Waals surface area contributed by atoms with E-state index in [0.29, 0.717) is 17.5 Å². The van der Waals surface area contributed by atoms with Gasteiger partial charge in [-0.25, -0.2) is 0 Å². The van der Waals surface area contributed by atoms with Crippen molar-refractivity contribution in [3.8, 4) is 0 Å². The highest BCUT2D eigenvalue weighted by molar-refractivity contribution is 5.96. The Morgan fingerprint density at radius 1 is 1.07 bits per heavy atom. The van der Waals surface area contributed by atoms with Gasteiger partial charge in [0, 0.05) is 17.8 Å². The Kier molecular flexibility index (Phi) is 4.05. The largest absolute Gasteiger partial charge is 0.325 e. The van der Waals surface area contributed by atoms with E-state index in [9.17, 15) is 14.9 Å². The monoisotopic (exact) mass is 390 g/mol. The molecule has 4 saturated carbocycles. The van der Waals surface area contributed by atoms with Crippen LogP contribution in [-0.4, -0.2) is 10.8 Å². The normalized spacial score (nSPS) is 32.2. The fraction of sp³-hybridized carbons (Fsp3) is 0.458. The van der Waals surface area contributed by atoms with Gasteiger partial charge in [0.15, 0.2) is 0 Å². The van der Waals surface area contributed by atoms with Gasteiger partial charge in [-0.05, 0) is 74.3 Å². The average Bonchev–Trinajstić information content (AvgIpc) is 2.67. The van der Waals surface area contributed by atoms with Crippen molar-refractivity contribution in [1.29, 1.82) is 0 Å². The molecular weight excluding hydrogens is 364 g/mol. The van der Waals surface area contributed by atoms with Gasteiger partial charge in [-0.2, -0.15) is 0 Å². The van der Waals surface area contributed by atoms with E-state index >= 15 is 0 Å². The van der Waals surface area contributed by atoms with Crippen molar-refractivity contribution >= 4 is 17.3 Å². The molecule has 150 valence electrons. The van der Waals surface area contributed by atoms with Gasteiger partial charge in [0.1, 0.15) is 0 Å². The van der Waals surface area contributed by atoms with Gasteiger partial charge in [-0.1, -0.05) is 35.9 Å². The number of anilines is 1. The molecule has 0 aliphatic heterocycles. The lowest BCUT2D eigenvalue weighted by molar-refractivity contribution is -0.384. The number of benzene rings is 2. The van der Waals surface area contributed by atoms with Crippen LogP contribution in [0.25, 0.3) is 0 Å². The van der Waals surface area contributed by atoms with Crippen molar-refractivity contribution in [3.63, 3.8) is 0 Å². The van der Waals surface area contributed by atoms with Crippen molar-refractivity contribution in [3.05, 3.63) is 69.8 Å². The highest BCUT2D eigenvalue weighted by Gasteiger charge is 2.60. The molecule has 0 aromatic heterocycles. The zero-order valence-corrected chi connectivity index (χ0v) is 16.7. The maximum atomic E-state index is 13.5. The summed E-state index contributed by atoms with van der Waals surface area (Å²) < 4.78 is 0. The minimum atomic E-state index is -0.424. The van der Waals surface area contributed by atoms with Crippen LogP contribution in [0, 0.1) is 34.3 Å². The predicted molar refractivity (Wildman–Crippen MR) is 112 cm³/mol. The number of nitrogens with one attached hydrogen (secondary N) is 1. The summed E-state index contributed by atoms with van der Waals surface area (Å²) in [6.45, 7) is 2.11. The van der Waals surface area contributed by atoms with Crippen LogP contribution in [0.5, 0.6) is 0 Å². The van der Waals surface area contributed by atoms with Gasteiger partial charge >= 0.3 is 0 Å². The van der Waals surface area contributed by atoms with E-state index in [1.165, 1.54) is 42.5 Å². The molecule has 4 aliphatic carbocycles. The van der Waals surface area contributed by atoms with Crippen LogP contribution < -0.4 is 5.32 Å². The number of rotatable bonds is 4. The summed E-state index contributed by atoms with van der Waals surface area (Å²) in [5.41, 5.74) is 2.90. The Hall–Kier alpha value is -2.69. The molecule has 4 aliphatic rings. The molecule has 29 heavy (non-hydrogen) atoms. The molecule has 5 nitrogen and oxygen atoms in total. The van der Waals surface area contributed by atoms with E-state index in [2.05, 4.69) is 36.5 Å². The zero-order valence-electron chi connectivity index (χ0n) is 16.7. The molecule has 4 bridgehead atoms. The summed E-state index contributed by atoms with van der Waals surface area (Å²) in [6, 6.07) is 15.2. The Morgan fingerprint density at radius 3 is 2.41 bits per heavy atom. The molecule has 6 rings (SSSR count). The number of carbonyl (C=O) groups is 1. The molecule has 2 atom stereocenters. The summed E-state index contributed by atoms with van der Waals surface area (Å²) in [6.07, 6.45) is 6.36. The maximum Gasteiger partial charge on any atom is 0.271 e. The lowest BCUT2D eigenvalue weighted by atomic mass is 9.42. The second-order valence-corrected chi connectivity index (χ2v) is 9.65. The number of aryl methyl sites for hydroxylation is 1. The Labute approximate surface area is 170 Å². The Morgan fingerprint density at radius 2 is 1.76 bits per heavy atom. The molecule has 0 spiro atoms. The first-order valence-corrected chi connectivity index (χ1v) is 10.5. The number of carbonyl (C=O) groups excluding carboxylic acids is 1. The molecule has 1 N–H and O–H groups in total. The van der Waals surface area contributed by atoms with Crippen LogP contribution in [0.1, 0.15) is 49.7 Å². The van der Waals surface area contributed by atoms with Crippen LogP contribution in [0.2, 0.25) is 0 Å². The quantitative estimate of drug-likeness (QED) is 0.563. The Balaban J connectivity index is 1.45. The number of nitro benzene ring substituents is 1. The smallest absolute Gasteiger partial charge is 0.271 e. The minimum absolute atomic E-state index is 0.00411. The van der Waals surface area contributed by atoms with Gasteiger partial charge in [0.05, 0.1) is 10.3 Å². The Bertz CT molecular complexity index is 968. The van der Waals surface area contributed by atoms with Crippen LogP contribution in [0.15, 0.2) is 48.5 Å². The van der Waals surface area contributed by atoms with E-state index < -0.39 is 4.92 Å². The van der Waals surface area contributed by atoms with Crippen molar-refractivity contribution in [2.24, 2.45) is 17.3 Å². The van der Waals surface area contributed by atoms with Crippen molar-refractivity contribution < 1.29 is 9.72 Å². The number of hydrogen-bond acceptors (Lipinski definition) is 3. The molecule has 4 fully saturated rings. The first-order valence-electron chi connectivity index (χ1n) is 10.5. The van der Waals surface area contributed by atoms with Crippen LogP contribution in [0.3, 0.4) is 0 Å². The van der Waals surface area contributed by atoms with Gasteiger partial charge in [0.25, 0.3) is 5.69 Å². The highest BCUT2D eigenvalue weighted by atomic mass is 16.6. The average molecular weight is 390 g/mol. The summed E-state index contributed by atoms with van der Waals surface area (Å²) in [5.74, 6) is 1.23. The molecule has 5 heteroatoms. The third-order valence-corrected chi connectivity index (χ3v) is 7.52. The van der Waals surface area contributed by atoms with E-state index in [1.807, 2.05) is 0 Å². The second-order valence-electron chi connectivity index (χ2n) is 9.65. The predicted octanol–water partition coefficient (Wildman–Crippen LogP) is 5.38. The lowest BCUT2D eigenvalue weighted by Gasteiger charge is -2.61. The van der Waals surface area contributed by atoms with Crippen molar-refractivity contribution in [2.45, 2.75) is 50.9 Å². The first kappa shape index (κ1) is 18.3. The molecule has 0 heterocycles. The summed E-state index contributed by atoms with van der Waals surface area (Å²) in [7, 11) is 0. The number of nitro groups is 1. The number of nitrogens with zero attached hydrogens (tertiary/aromatic N) is 1. The molecule has 2 aromatic carbocycles. The van der Waals surface area contributed by atoms with Crippen LogP contribution >= 0.6 is 0 Å². The molecular formula is C24H26N2O3. The summed E-state index contributed by atoms with van der Waals surface area (Å²) in [4.78, 5) is 24.1. The molecule has 1 amide bonds. The number of hydrogen-bond donors (Lipinski definition) is 1. The summed E-state index contributed by atoms with van der Waals surface area (Å²) >= 11 is 0. The number of non-ortho nitro benzene ring substituents is 1. The number of amides is 1. The van der Waals surface area contributed by atoms with Gasteiger partial charge < -0.3 is 5.32 Å². The van der Waals surface area contributed by atoms with Crippen LogP contribution in [0.4, 0.5) is 11.4 Å². The maximum absolute atomic E-state index is 13.5. The van der Waals surface area contributed by atoms with Gasteiger partial charge in [-0.15, -0.1) is 0 Å². The van der Waals surface area contributed by atoms with E-state index in [4.69, 9.17) is 0 Å². The topological polar surface area (TPSA) is 72.2 Å². The fourth-order valence-corrected chi connectivity index (χ4v) is 6.73. The minimum Gasteiger partial charge on any atom is -0.325 e. The highest BCUT2D eigenvalue weighted by Crippen LogP contribution is 2.66. The summed E-state index contributed by atoms with van der Waals surface area (Å²) in [5, 5.41) is 14.1. The zero-order chi connectivity index (χ0) is 20.2. The van der Waals surface area contributed by atoms with Gasteiger partial charge in [0.2, 0.25) is 5.91 Å². The van der Waals surface area contributed by atoms with E-state index in [-0.39, 0.29) is 22.4 Å². The van der Waals surface area contributed by atoms with E-state index in [0.717, 1.165) is 19.3 Å². The SMILES string of the molecule is Cc1ccc(C23CC4CC(CC(C(=O)Nc5cccc([N+](=O)[O-])c5)(C4)C2)C3)cc1. The van der Waals surface area contributed by atoms with Gasteiger partial charge in [-0.3, -0.25) is 14.9 Å². The van der Waals surface area contributed by atoms with Crippen LogP contribution in [-0.2, 0) is 10.2 Å². The second kappa shape index (κ2) is 6.41. The van der Waals surface area contributed by atoms with Crippen molar-refractivity contribution in [1.82, 2.24) is 0 Å². The molecule has 2 aromatic rings. The standard InChI is InChI=1S/C24H26N2O3/c1-16-5-7-19(8-6-16)23-11-17-9-18(12-23)14-24(13-17,15-23)22(27)25-20-3-2-4-21(10-20)26(28)29/h2-8,10,17-18H,9,11-15H2,1H3,(H,25,27). The molecule has 0 radical (unpaired) electrons. The molecule has 2 unspecified atom stereocenters. The first-order chi connectivity index (χ1) is 13.9. The third kappa shape index (κ3) is 3.04. The lowest BCUT2D eigenvalue weighted by Crippen LogP contribution is -2.57. The van der Waals surface area contributed by atoms with E-state index in [1.54, 1.807) is 12.1 Å². The van der Waals surface area contributed by atoms with Crippen molar-refractivity contribution in [2.75, 3.05) is 5.32 Å². The third-order valence-electron chi connectivity index (χ3n) is 7.52. The molecule has 0 saturated heterocycles.